The molecule has 0 aliphatic heterocycles. The normalized spacial score (nSPS) is 11.6. The van der Waals surface area contributed by atoms with E-state index in [0.717, 1.165) is 22.0 Å². The highest BCUT2D eigenvalue weighted by Gasteiger charge is 2.37. The van der Waals surface area contributed by atoms with Crippen LogP contribution >= 0.6 is 0 Å². The van der Waals surface area contributed by atoms with Crippen LogP contribution in [0.15, 0.2) is 24.4 Å². The van der Waals surface area contributed by atoms with Crippen molar-refractivity contribution >= 4 is 11.6 Å². The highest BCUT2D eigenvalue weighted by atomic mass is 19.4. The molecule has 1 aromatic heterocycles. The second-order valence-electron chi connectivity index (χ2n) is 5.60. The SMILES string of the molecule is Cc1cc(C)cc(NC(=O)Cn2cc(CCO)c(C(F)(F)F)n2)c1. The van der Waals surface area contributed by atoms with E-state index < -0.39 is 24.4 Å². The molecular weight excluding hydrogens is 323 g/mol. The summed E-state index contributed by atoms with van der Waals surface area (Å²) in [4.78, 5) is 12.0. The number of amides is 1. The number of carbonyl (C=O) groups is 1. The van der Waals surface area contributed by atoms with Crippen LogP contribution in [0.2, 0.25) is 0 Å². The predicted molar refractivity (Wildman–Crippen MR) is 82.6 cm³/mol. The van der Waals surface area contributed by atoms with E-state index >= 15 is 0 Å². The van der Waals surface area contributed by atoms with E-state index in [1.807, 2.05) is 19.9 Å². The maximum atomic E-state index is 12.9. The van der Waals surface area contributed by atoms with Gasteiger partial charge in [-0.05, 0) is 43.5 Å². The Balaban J connectivity index is 2.14. The van der Waals surface area contributed by atoms with E-state index in [1.54, 1.807) is 12.1 Å². The number of hydrogen-bond donors (Lipinski definition) is 2. The quantitative estimate of drug-likeness (QED) is 0.879. The molecule has 2 aromatic rings. The number of rotatable bonds is 5. The standard InChI is InChI=1S/C16H18F3N3O2/c1-10-5-11(2)7-13(6-10)20-14(24)9-22-8-12(3-4-23)15(21-22)16(17,18)19/h5-8,23H,3-4,9H2,1-2H3,(H,20,24). The average Bonchev–Trinajstić information content (AvgIpc) is 2.80. The van der Waals surface area contributed by atoms with Crippen LogP contribution in [0.3, 0.4) is 0 Å². The predicted octanol–water partition coefficient (Wildman–Crippen LogP) is 2.69. The van der Waals surface area contributed by atoms with Crippen molar-refractivity contribution in [1.82, 2.24) is 9.78 Å². The highest BCUT2D eigenvalue weighted by Crippen LogP contribution is 2.30. The van der Waals surface area contributed by atoms with E-state index in [1.165, 1.54) is 0 Å². The number of nitrogens with one attached hydrogen (secondary N) is 1. The Morgan fingerprint density at radius 3 is 2.42 bits per heavy atom. The van der Waals surface area contributed by atoms with Gasteiger partial charge in [0, 0.05) is 24.1 Å². The summed E-state index contributed by atoms with van der Waals surface area (Å²) in [5.74, 6) is -0.480. The number of aromatic nitrogens is 2. The van der Waals surface area contributed by atoms with Crippen LogP contribution in [-0.4, -0.2) is 27.4 Å². The van der Waals surface area contributed by atoms with Crippen LogP contribution in [-0.2, 0) is 23.9 Å². The minimum Gasteiger partial charge on any atom is -0.396 e. The first-order valence-electron chi connectivity index (χ1n) is 7.31. The first kappa shape index (κ1) is 18.0. The molecule has 8 heteroatoms. The minimum absolute atomic E-state index is 0.135. The second-order valence-corrected chi connectivity index (χ2v) is 5.60. The molecule has 0 fully saturated rings. The lowest BCUT2D eigenvalue weighted by Gasteiger charge is -2.08. The molecule has 0 aliphatic rings. The Labute approximate surface area is 137 Å². The molecule has 5 nitrogen and oxygen atoms in total. The molecule has 0 bridgehead atoms. The minimum atomic E-state index is -4.63. The molecule has 24 heavy (non-hydrogen) atoms. The topological polar surface area (TPSA) is 67.2 Å². The van der Waals surface area contributed by atoms with E-state index in [0.29, 0.717) is 5.69 Å². The van der Waals surface area contributed by atoms with Crippen molar-refractivity contribution in [2.75, 3.05) is 11.9 Å². The zero-order chi connectivity index (χ0) is 17.9. The molecule has 0 atom stereocenters. The van der Waals surface area contributed by atoms with E-state index in [9.17, 15) is 18.0 Å². The molecule has 0 spiro atoms. The van der Waals surface area contributed by atoms with Crippen LogP contribution in [0.5, 0.6) is 0 Å². The van der Waals surface area contributed by atoms with Gasteiger partial charge in [0.15, 0.2) is 5.69 Å². The number of halogens is 3. The molecule has 130 valence electrons. The lowest BCUT2D eigenvalue weighted by Crippen LogP contribution is -2.19. The van der Waals surface area contributed by atoms with Gasteiger partial charge in [-0.15, -0.1) is 0 Å². The van der Waals surface area contributed by atoms with Crippen LogP contribution in [0.25, 0.3) is 0 Å². The fraction of sp³-hybridized carbons (Fsp3) is 0.375. The van der Waals surface area contributed by atoms with Gasteiger partial charge in [0.25, 0.3) is 0 Å². The van der Waals surface area contributed by atoms with Crippen LogP contribution in [0.1, 0.15) is 22.4 Å². The van der Waals surface area contributed by atoms with E-state index in [2.05, 4.69) is 10.4 Å². The number of benzene rings is 1. The molecule has 0 saturated heterocycles. The molecule has 0 unspecified atom stereocenters. The zero-order valence-electron chi connectivity index (χ0n) is 13.3. The van der Waals surface area contributed by atoms with Gasteiger partial charge < -0.3 is 10.4 Å². The van der Waals surface area contributed by atoms with Crippen LogP contribution < -0.4 is 5.32 Å². The Morgan fingerprint density at radius 1 is 1.25 bits per heavy atom. The van der Waals surface area contributed by atoms with E-state index in [4.69, 9.17) is 5.11 Å². The third-order valence-corrected chi connectivity index (χ3v) is 3.30. The first-order chi connectivity index (χ1) is 11.2. The van der Waals surface area contributed by atoms with Gasteiger partial charge in [-0.3, -0.25) is 9.48 Å². The highest BCUT2D eigenvalue weighted by molar-refractivity contribution is 5.90. The van der Waals surface area contributed by atoms with E-state index in [-0.39, 0.29) is 18.5 Å². The number of alkyl halides is 3. The van der Waals surface area contributed by atoms with Gasteiger partial charge in [-0.2, -0.15) is 18.3 Å². The Kier molecular flexibility index (Phi) is 5.28. The second kappa shape index (κ2) is 7.04. The molecule has 2 rings (SSSR count). The third-order valence-electron chi connectivity index (χ3n) is 3.30. The molecule has 2 N–H and O–H groups in total. The largest absolute Gasteiger partial charge is 0.435 e. The molecule has 1 amide bonds. The van der Waals surface area contributed by atoms with Crippen molar-refractivity contribution in [3.05, 3.63) is 46.8 Å². The maximum absolute atomic E-state index is 12.9. The summed E-state index contributed by atoms with van der Waals surface area (Å²) < 4.78 is 39.6. The van der Waals surface area contributed by atoms with Gasteiger partial charge in [0.1, 0.15) is 6.54 Å². The van der Waals surface area contributed by atoms with Crippen molar-refractivity contribution < 1.29 is 23.1 Å². The lowest BCUT2D eigenvalue weighted by atomic mass is 10.1. The van der Waals surface area contributed by atoms with Crippen LogP contribution in [0.4, 0.5) is 18.9 Å². The molecule has 1 aromatic carbocycles. The summed E-state index contributed by atoms with van der Waals surface area (Å²) in [7, 11) is 0. The lowest BCUT2D eigenvalue weighted by molar-refractivity contribution is -0.142. The third kappa shape index (κ3) is 4.58. The van der Waals surface area contributed by atoms with Crippen molar-refractivity contribution in [3.8, 4) is 0 Å². The number of anilines is 1. The summed E-state index contributed by atoms with van der Waals surface area (Å²) in [6, 6.07) is 5.48. The van der Waals surface area contributed by atoms with Crippen molar-refractivity contribution in [3.63, 3.8) is 0 Å². The molecule has 0 aliphatic carbocycles. The molecular formula is C16H18F3N3O2. The van der Waals surface area contributed by atoms with Gasteiger partial charge in [-0.1, -0.05) is 6.07 Å². The number of hydrogen-bond acceptors (Lipinski definition) is 3. The fourth-order valence-electron chi connectivity index (χ4n) is 2.48. The number of nitrogens with zero attached hydrogens (tertiary/aromatic N) is 2. The van der Waals surface area contributed by atoms with Crippen molar-refractivity contribution in [2.24, 2.45) is 0 Å². The van der Waals surface area contributed by atoms with Gasteiger partial charge in [0.05, 0.1) is 0 Å². The molecule has 0 saturated carbocycles. The Bertz CT molecular complexity index is 718. The molecule has 1 heterocycles. The summed E-state index contributed by atoms with van der Waals surface area (Å²) in [5.41, 5.74) is 1.30. The fourth-order valence-corrected chi connectivity index (χ4v) is 2.48. The number of aliphatic hydroxyl groups excluding tert-OH is 1. The smallest absolute Gasteiger partial charge is 0.396 e. The monoisotopic (exact) mass is 341 g/mol. The summed E-state index contributed by atoms with van der Waals surface area (Å²) in [6.45, 7) is 2.99. The zero-order valence-corrected chi connectivity index (χ0v) is 13.3. The summed E-state index contributed by atoms with van der Waals surface area (Å²) in [5, 5.41) is 14.9. The number of aliphatic hydroxyl groups is 1. The molecule has 0 radical (unpaired) electrons. The van der Waals surface area contributed by atoms with Crippen molar-refractivity contribution in [2.45, 2.75) is 33.0 Å². The number of aryl methyl sites for hydroxylation is 2. The van der Waals surface area contributed by atoms with Gasteiger partial charge in [0.2, 0.25) is 5.91 Å². The maximum Gasteiger partial charge on any atom is 0.435 e. The number of carbonyl (C=O) groups excluding carboxylic acids is 1. The Hall–Kier alpha value is -2.35. The van der Waals surface area contributed by atoms with Crippen molar-refractivity contribution in [1.29, 1.82) is 0 Å². The van der Waals surface area contributed by atoms with Gasteiger partial charge in [-0.25, -0.2) is 0 Å². The summed E-state index contributed by atoms with van der Waals surface area (Å²) >= 11 is 0. The first-order valence-corrected chi connectivity index (χ1v) is 7.31. The van der Waals surface area contributed by atoms with Gasteiger partial charge >= 0.3 is 6.18 Å². The van der Waals surface area contributed by atoms with Crippen LogP contribution in [0, 0.1) is 13.8 Å². The Morgan fingerprint density at radius 2 is 1.88 bits per heavy atom. The summed E-state index contributed by atoms with van der Waals surface area (Å²) in [6.07, 6.45) is -3.66. The average molecular weight is 341 g/mol.